The number of hydrogen-bond acceptors (Lipinski definition) is 2. The summed E-state index contributed by atoms with van der Waals surface area (Å²) in [5.74, 6) is -1.34. The van der Waals surface area contributed by atoms with Gasteiger partial charge in [0.05, 0.1) is 13.5 Å². The van der Waals surface area contributed by atoms with Crippen molar-refractivity contribution < 1.29 is 19.0 Å². The molecular formula is C12H14BrFO3. The first-order valence-corrected chi connectivity index (χ1v) is 5.83. The van der Waals surface area contributed by atoms with E-state index in [-0.39, 0.29) is 12.2 Å². The van der Waals surface area contributed by atoms with Crippen molar-refractivity contribution in [2.24, 2.45) is 0 Å². The van der Waals surface area contributed by atoms with Gasteiger partial charge in [0.25, 0.3) is 0 Å². The van der Waals surface area contributed by atoms with Gasteiger partial charge in [-0.15, -0.1) is 0 Å². The lowest BCUT2D eigenvalue weighted by molar-refractivity contribution is -0.138. The number of carbonyl (C=O) groups is 1. The Hall–Kier alpha value is -1.10. The topological polar surface area (TPSA) is 46.5 Å². The predicted molar refractivity (Wildman–Crippen MR) is 65.9 cm³/mol. The number of ether oxygens (including phenoxy) is 1. The van der Waals surface area contributed by atoms with Crippen molar-refractivity contribution in [3.8, 4) is 5.75 Å². The van der Waals surface area contributed by atoms with Gasteiger partial charge in [-0.1, -0.05) is 29.8 Å². The standard InChI is InChI=1S/C12H14BrFO3/c1-12(2,6-9(15)16)10-7(13)4-5-8(14)11(10)17-3/h4-5H,6H2,1-3H3,(H,15,16). The summed E-state index contributed by atoms with van der Waals surface area (Å²) in [6, 6.07) is 2.83. The maximum atomic E-state index is 13.6. The fourth-order valence-electron chi connectivity index (χ4n) is 1.83. The summed E-state index contributed by atoms with van der Waals surface area (Å²) in [4.78, 5) is 10.8. The second-order valence-corrected chi connectivity index (χ2v) is 5.25. The van der Waals surface area contributed by atoms with Crippen molar-refractivity contribution >= 4 is 21.9 Å². The van der Waals surface area contributed by atoms with Crippen LogP contribution >= 0.6 is 15.9 Å². The van der Waals surface area contributed by atoms with E-state index in [1.807, 2.05) is 0 Å². The molecule has 0 aliphatic heterocycles. The van der Waals surface area contributed by atoms with Gasteiger partial charge in [0.1, 0.15) is 0 Å². The van der Waals surface area contributed by atoms with Gasteiger partial charge in [-0.05, 0) is 12.1 Å². The molecule has 3 nitrogen and oxygen atoms in total. The molecule has 1 aromatic carbocycles. The summed E-state index contributed by atoms with van der Waals surface area (Å²) < 4.78 is 19.3. The average molecular weight is 305 g/mol. The molecule has 0 saturated carbocycles. The minimum atomic E-state index is -0.937. The Balaban J connectivity index is 3.38. The first-order chi connectivity index (χ1) is 7.79. The molecule has 5 heteroatoms. The van der Waals surface area contributed by atoms with Crippen LogP contribution in [-0.2, 0) is 10.2 Å². The number of aliphatic carboxylic acids is 1. The minimum absolute atomic E-state index is 0.0885. The third-order valence-corrected chi connectivity index (χ3v) is 3.19. The highest BCUT2D eigenvalue weighted by atomic mass is 79.9. The summed E-state index contributed by atoms with van der Waals surface area (Å²) in [7, 11) is 1.37. The summed E-state index contributed by atoms with van der Waals surface area (Å²) in [5.41, 5.74) is -0.194. The molecule has 0 unspecified atom stereocenters. The van der Waals surface area contributed by atoms with Crippen LogP contribution in [-0.4, -0.2) is 18.2 Å². The zero-order valence-corrected chi connectivity index (χ0v) is 11.5. The van der Waals surface area contributed by atoms with E-state index < -0.39 is 17.2 Å². The van der Waals surface area contributed by atoms with E-state index in [4.69, 9.17) is 9.84 Å². The molecule has 17 heavy (non-hydrogen) atoms. The van der Waals surface area contributed by atoms with E-state index in [0.717, 1.165) is 0 Å². The second kappa shape index (κ2) is 5.04. The fraction of sp³-hybridized carbons (Fsp3) is 0.417. The van der Waals surface area contributed by atoms with Crippen molar-refractivity contribution in [3.05, 3.63) is 28.0 Å². The Morgan fingerprint density at radius 2 is 2.12 bits per heavy atom. The number of carboxylic acid groups (broad SMARTS) is 1. The SMILES string of the molecule is COc1c(F)ccc(Br)c1C(C)(C)CC(=O)O. The summed E-state index contributed by atoms with van der Waals surface area (Å²) >= 11 is 3.31. The Morgan fingerprint density at radius 1 is 1.53 bits per heavy atom. The van der Waals surface area contributed by atoms with Crippen LogP contribution in [0.2, 0.25) is 0 Å². The van der Waals surface area contributed by atoms with Gasteiger partial charge in [-0.25, -0.2) is 4.39 Å². The third kappa shape index (κ3) is 2.97. The molecule has 1 N–H and O–H groups in total. The molecule has 0 fully saturated rings. The highest BCUT2D eigenvalue weighted by Gasteiger charge is 2.31. The Morgan fingerprint density at radius 3 is 2.59 bits per heavy atom. The molecule has 0 amide bonds. The largest absolute Gasteiger partial charge is 0.493 e. The van der Waals surface area contributed by atoms with Gasteiger partial charge in [0.2, 0.25) is 0 Å². The number of benzene rings is 1. The third-order valence-electron chi connectivity index (χ3n) is 2.53. The molecule has 0 heterocycles. The van der Waals surface area contributed by atoms with Crippen molar-refractivity contribution in [2.75, 3.05) is 7.11 Å². The summed E-state index contributed by atoms with van der Waals surface area (Å²) in [6.45, 7) is 3.48. The number of carboxylic acids is 1. The van der Waals surface area contributed by atoms with Gasteiger partial charge in [-0.2, -0.15) is 0 Å². The van der Waals surface area contributed by atoms with Crippen molar-refractivity contribution in [1.82, 2.24) is 0 Å². The first-order valence-electron chi connectivity index (χ1n) is 5.04. The van der Waals surface area contributed by atoms with Crippen LogP contribution in [0.25, 0.3) is 0 Å². The second-order valence-electron chi connectivity index (χ2n) is 4.39. The molecule has 94 valence electrons. The number of hydrogen-bond donors (Lipinski definition) is 1. The molecule has 0 atom stereocenters. The highest BCUT2D eigenvalue weighted by Crippen LogP contribution is 2.40. The molecule has 0 aromatic heterocycles. The number of rotatable bonds is 4. The molecule has 1 rings (SSSR count). The minimum Gasteiger partial charge on any atom is -0.493 e. The van der Waals surface area contributed by atoms with Gasteiger partial charge in [-0.3, -0.25) is 4.79 Å². The quantitative estimate of drug-likeness (QED) is 0.928. The van der Waals surface area contributed by atoms with Crippen LogP contribution in [0.4, 0.5) is 4.39 Å². The lowest BCUT2D eigenvalue weighted by Crippen LogP contribution is -2.23. The van der Waals surface area contributed by atoms with E-state index >= 15 is 0 Å². The molecule has 1 aromatic rings. The smallest absolute Gasteiger partial charge is 0.304 e. The van der Waals surface area contributed by atoms with E-state index in [1.54, 1.807) is 19.9 Å². The fourth-order valence-corrected chi connectivity index (χ4v) is 2.68. The van der Waals surface area contributed by atoms with E-state index in [0.29, 0.717) is 10.0 Å². The lowest BCUT2D eigenvalue weighted by Gasteiger charge is -2.26. The highest BCUT2D eigenvalue weighted by molar-refractivity contribution is 9.10. The number of halogens is 2. The maximum absolute atomic E-state index is 13.6. The average Bonchev–Trinajstić information content (AvgIpc) is 2.18. The molecule has 0 bridgehead atoms. The van der Waals surface area contributed by atoms with Crippen LogP contribution < -0.4 is 4.74 Å². The zero-order chi connectivity index (χ0) is 13.2. The Kier molecular flexibility index (Phi) is 4.14. The Bertz CT molecular complexity index is 444. The van der Waals surface area contributed by atoms with E-state index in [9.17, 15) is 9.18 Å². The Labute approximate surface area is 108 Å². The lowest BCUT2D eigenvalue weighted by atomic mass is 9.81. The molecular weight excluding hydrogens is 291 g/mol. The van der Waals surface area contributed by atoms with Gasteiger partial charge in [0, 0.05) is 15.5 Å². The van der Waals surface area contributed by atoms with Crippen molar-refractivity contribution in [2.45, 2.75) is 25.7 Å². The van der Waals surface area contributed by atoms with Crippen LogP contribution in [0.5, 0.6) is 5.75 Å². The number of methoxy groups -OCH3 is 1. The van der Waals surface area contributed by atoms with E-state index in [2.05, 4.69) is 15.9 Å². The molecule has 0 aliphatic rings. The molecule has 0 spiro atoms. The monoisotopic (exact) mass is 304 g/mol. The van der Waals surface area contributed by atoms with Gasteiger partial charge in [0.15, 0.2) is 11.6 Å². The molecule has 0 aliphatic carbocycles. The summed E-state index contributed by atoms with van der Waals surface area (Å²) in [5, 5.41) is 8.88. The molecule has 0 saturated heterocycles. The molecule has 0 radical (unpaired) electrons. The summed E-state index contributed by atoms with van der Waals surface area (Å²) in [6.07, 6.45) is -0.106. The first kappa shape index (κ1) is 14.0. The zero-order valence-electron chi connectivity index (χ0n) is 9.88. The van der Waals surface area contributed by atoms with Gasteiger partial charge >= 0.3 is 5.97 Å². The van der Waals surface area contributed by atoms with Crippen molar-refractivity contribution in [1.29, 1.82) is 0 Å². The van der Waals surface area contributed by atoms with Crippen LogP contribution in [0.3, 0.4) is 0 Å². The normalized spacial score (nSPS) is 11.4. The van der Waals surface area contributed by atoms with E-state index in [1.165, 1.54) is 13.2 Å². The van der Waals surface area contributed by atoms with Crippen LogP contribution in [0.15, 0.2) is 16.6 Å². The van der Waals surface area contributed by atoms with Gasteiger partial charge < -0.3 is 9.84 Å². The van der Waals surface area contributed by atoms with Crippen molar-refractivity contribution in [3.63, 3.8) is 0 Å². The maximum Gasteiger partial charge on any atom is 0.304 e. The van der Waals surface area contributed by atoms with Crippen LogP contribution in [0, 0.1) is 5.82 Å². The van der Waals surface area contributed by atoms with Crippen LogP contribution in [0.1, 0.15) is 25.8 Å². The predicted octanol–water partition coefficient (Wildman–Crippen LogP) is 3.35.